The molecule has 1 unspecified atom stereocenters. The van der Waals surface area contributed by atoms with Crippen LogP contribution in [0, 0.1) is 5.92 Å². The Morgan fingerprint density at radius 3 is 2.42 bits per heavy atom. The summed E-state index contributed by atoms with van der Waals surface area (Å²) in [6.07, 6.45) is 2.40. The number of benzene rings is 1. The molecular weight excluding hydrogens is 244 g/mol. The number of carbonyl (C=O) groups excluding carboxylic acids is 2. The second kappa shape index (κ2) is 8.29. The number of esters is 1. The summed E-state index contributed by atoms with van der Waals surface area (Å²) in [6, 6.07) is 8.53. The fraction of sp³-hybridized carbons (Fsp3) is 0.467. The number of hydrogen-bond donors (Lipinski definition) is 0. The van der Waals surface area contributed by atoms with E-state index in [2.05, 4.69) is 6.92 Å². The van der Waals surface area contributed by atoms with Crippen LogP contribution in [0.5, 0.6) is 5.75 Å². The largest absolute Gasteiger partial charge is 0.521 e. The molecule has 0 radical (unpaired) electrons. The van der Waals surface area contributed by atoms with Crippen molar-refractivity contribution < 1.29 is 19.1 Å². The Hall–Kier alpha value is -1.84. The van der Waals surface area contributed by atoms with Crippen LogP contribution in [-0.4, -0.2) is 12.1 Å². The minimum Gasteiger partial charge on any atom is -0.395 e. The summed E-state index contributed by atoms with van der Waals surface area (Å²) >= 11 is 0. The first-order chi connectivity index (χ1) is 9.17. The molecule has 1 rings (SSSR count). The third kappa shape index (κ3) is 5.55. The fourth-order valence-electron chi connectivity index (χ4n) is 1.71. The second-order valence-corrected chi connectivity index (χ2v) is 4.33. The molecule has 0 N–H and O–H groups in total. The number of unbranched alkanes of at least 4 members (excludes halogenated alkanes) is 1. The molecule has 0 saturated heterocycles. The minimum absolute atomic E-state index is 0.233. The van der Waals surface area contributed by atoms with E-state index in [9.17, 15) is 9.59 Å². The molecule has 0 spiro atoms. The molecule has 0 aromatic heterocycles. The zero-order valence-corrected chi connectivity index (χ0v) is 11.4. The van der Waals surface area contributed by atoms with Gasteiger partial charge in [-0.1, -0.05) is 44.9 Å². The molecule has 0 heterocycles. The zero-order valence-electron chi connectivity index (χ0n) is 11.4. The van der Waals surface area contributed by atoms with Gasteiger partial charge in [0.1, 0.15) is 5.75 Å². The van der Waals surface area contributed by atoms with Crippen LogP contribution in [0.4, 0.5) is 4.79 Å². The summed E-state index contributed by atoms with van der Waals surface area (Å²) < 4.78 is 9.61. The second-order valence-electron chi connectivity index (χ2n) is 4.33. The third-order valence-electron chi connectivity index (χ3n) is 2.86. The molecule has 0 aliphatic rings. The standard InChI is InChI=1S/C15H20O4/c1-3-5-9-12(4-2)14(16)19-15(17)18-13-10-7-6-8-11-13/h6-8,10-12H,3-5,9H2,1-2H3. The van der Waals surface area contributed by atoms with Gasteiger partial charge in [-0.15, -0.1) is 0 Å². The molecule has 0 aliphatic carbocycles. The van der Waals surface area contributed by atoms with E-state index in [1.54, 1.807) is 30.3 Å². The summed E-state index contributed by atoms with van der Waals surface area (Å²) in [5.74, 6) is -0.373. The Morgan fingerprint density at radius 1 is 1.16 bits per heavy atom. The van der Waals surface area contributed by atoms with Gasteiger partial charge in [0, 0.05) is 0 Å². The van der Waals surface area contributed by atoms with Crippen molar-refractivity contribution in [1.29, 1.82) is 0 Å². The van der Waals surface area contributed by atoms with E-state index in [1.807, 2.05) is 6.92 Å². The van der Waals surface area contributed by atoms with Gasteiger partial charge in [-0.3, -0.25) is 4.79 Å². The van der Waals surface area contributed by atoms with Crippen molar-refractivity contribution in [2.24, 2.45) is 5.92 Å². The van der Waals surface area contributed by atoms with E-state index in [1.165, 1.54) is 0 Å². The summed E-state index contributed by atoms with van der Waals surface area (Å²) in [5, 5.41) is 0. The van der Waals surface area contributed by atoms with E-state index in [0.717, 1.165) is 19.3 Å². The summed E-state index contributed by atoms with van der Waals surface area (Å²) in [6.45, 7) is 3.96. The molecule has 1 atom stereocenters. The maximum atomic E-state index is 11.8. The molecule has 0 bridgehead atoms. The maximum Gasteiger partial charge on any atom is 0.521 e. The number of rotatable bonds is 6. The van der Waals surface area contributed by atoms with Gasteiger partial charge in [0.25, 0.3) is 0 Å². The predicted octanol–water partition coefficient (Wildman–Crippen LogP) is 3.95. The van der Waals surface area contributed by atoms with Gasteiger partial charge in [-0.05, 0) is 25.0 Å². The smallest absolute Gasteiger partial charge is 0.395 e. The average molecular weight is 264 g/mol. The van der Waals surface area contributed by atoms with Crippen LogP contribution in [0.1, 0.15) is 39.5 Å². The van der Waals surface area contributed by atoms with Crippen LogP contribution >= 0.6 is 0 Å². The van der Waals surface area contributed by atoms with Crippen LogP contribution < -0.4 is 4.74 Å². The summed E-state index contributed by atoms with van der Waals surface area (Å²) in [7, 11) is 0. The highest BCUT2D eigenvalue weighted by Gasteiger charge is 2.21. The van der Waals surface area contributed by atoms with Gasteiger partial charge in [-0.2, -0.15) is 0 Å². The topological polar surface area (TPSA) is 52.6 Å². The van der Waals surface area contributed by atoms with E-state index in [4.69, 9.17) is 9.47 Å². The van der Waals surface area contributed by atoms with Crippen LogP contribution in [0.25, 0.3) is 0 Å². The third-order valence-corrected chi connectivity index (χ3v) is 2.86. The number of ether oxygens (including phenoxy) is 2. The van der Waals surface area contributed by atoms with Gasteiger partial charge in [0.15, 0.2) is 0 Å². The summed E-state index contributed by atoms with van der Waals surface area (Å²) in [4.78, 5) is 23.2. The molecule has 0 amide bonds. The van der Waals surface area contributed by atoms with E-state index >= 15 is 0 Å². The Labute approximate surface area is 113 Å². The van der Waals surface area contributed by atoms with Gasteiger partial charge in [0.2, 0.25) is 0 Å². The molecule has 1 aromatic rings. The van der Waals surface area contributed by atoms with Gasteiger partial charge in [0.05, 0.1) is 5.92 Å². The monoisotopic (exact) mass is 264 g/mol. The van der Waals surface area contributed by atoms with Crippen molar-refractivity contribution in [2.45, 2.75) is 39.5 Å². The lowest BCUT2D eigenvalue weighted by Gasteiger charge is -2.12. The van der Waals surface area contributed by atoms with Gasteiger partial charge >= 0.3 is 12.1 Å². The summed E-state index contributed by atoms with van der Waals surface area (Å²) in [5.41, 5.74) is 0. The molecule has 0 aliphatic heterocycles. The van der Waals surface area contributed by atoms with Gasteiger partial charge < -0.3 is 9.47 Å². The Kier molecular flexibility index (Phi) is 6.64. The first-order valence-electron chi connectivity index (χ1n) is 6.65. The van der Waals surface area contributed by atoms with E-state index in [0.29, 0.717) is 12.2 Å². The van der Waals surface area contributed by atoms with Crippen LogP contribution in [0.3, 0.4) is 0 Å². The zero-order chi connectivity index (χ0) is 14.1. The molecule has 19 heavy (non-hydrogen) atoms. The number of carbonyl (C=O) groups is 2. The van der Waals surface area contributed by atoms with E-state index < -0.39 is 12.1 Å². The highest BCUT2D eigenvalue weighted by atomic mass is 16.7. The highest BCUT2D eigenvalue weighted by molar-refractivity contribution is 5.84. The SMILES string of the molecule is CCCCC(CC)C(=O)OC(=O)Oc1ccccc1. The molecule has 104 valence electrons. The minimum atomic E-state index is -0.967. The predicted molar refractivity (Wildman–Crippen MR) is 71.9 cm³/mol. The van der Waals surface area contributed by atoms with Crippen molar-refractivity contribution in [3.8, 4) is 5.75 Å². The van der Waals surface area contributed by atoms with Crippen molar-refractivity contribution in [3.63, 3.8) is 0 Å². The Morgan fingerprint density at radius 2 is 1.84 bits per heavy atom. The lowest BCUT2D eigenvalue weighted by atomic mass is 10.00. The molecule has 4 heteroatoms. The molecular formula is C15H20O4. The fourth-order valence-corrected chi connectivity index (χ4v) is 1.71. The lowest BCUT2D eigenvalue weighted by molar-refractivity contribution is -0.143. The van der Waals surface area contributed by atoms with Crippen LogP contribution in [0.2, 0.25) is 0 Å². The van der Waals surface area contributed by atoms with Crippen molar-refractivity contribution in [1.82, 2.24) is 0 Å². The number of para-hydroxylation sites is 1. The molecule has 0 fully saturated rings. The quantitative estimate of drug-likeness (QED) is 0.443. The van der Waals surface area contributed by atoms with Crippen LogP contribution in [0.15, 0.2) is 30.3 Å². The van der Waals surface area contributed by atoms with E-state index in [-0.39, 0.29) is 5.92 Å². The van der Waals surface area contributed by atoms with Crippen molar-refractivity contribution in [3.05, 3.63) is 30.3 Å². The lowest BCUT2D eigenvalue weighted by Crippen LogP contribution is -2.23. The highest BCUT2D eigenvalue weighted by Crippen LogP contribution is 2.15. The first kappa shape index (κ1) is 15.2. The van der Waals surface area contributed by atoms with Crippen LogP contribution in [-0.2, 0) is 9.53 Å². The Bertz CT molecular complexity index is 400. The molecule has 0 saturated carbocycles. The normalized spacial score (nSPS) is 11.7. The van der Waals surface area contributed by atoms with Gasteiger partial charge in [-0.25, -0.2) is 4.79 Å². The van der Waals surface area contributed by atoms with Crippen molar-refractivity contribution >= 4 is 12.1 Å². The molecule has 4 nitrogen and oxygen atoms in total. The molecule has 1 aromatic carbocycles. The average Bonchev–Trinajstić information content (AvgIpc) is 2.40. The first-order valence-corrected chi connectivity index (χ1v) is 6.65. The Balaban J connectivity index is 2.44. The maximum absolute atomic E-state index is 11.8. The van der Waals surface area contributed by atoms with Crippen molar-refractivity contribution in [2.75, 3.05) is 0 Å². The number of hydrogen-bond acceptors (Lipinski definition) is 4.